The summed E-state index contributed by atoms with van der Waals surface area (Å²) in [5.41, 5.74) is 0.468. The molecule has 10 nitrogen and oxygen atoms in total. The zero-order valence-electron chi connectivity index (χ0n) is 23.8. The Kier molecular flexibility index (Phi) is 9.58. The van der Waals surface area contributed by atoms with Crippen LogP contribution in [0.1, 0.15) is 50.7 Å². The summed E-state index contributed by atoms with van der Waals surface area (Å²) in [6.07, 6.45) is -1.75. The van der Waals surface area contributed by atoms with E-state index < -0.39 is 77.6 Å². The van der Waals surface area contributed by atoms with Gasteiger partial charge in [-0.1, -0.05) is 12.1 Å². The van der Waals surface area contributed by atoms with Gasteiger partial charge >= 0.3 is 5.97 Å². The van der Waals surface area contributed by atoms with Crippen molar-refractivity contribution in [2.75, 3.05) is 19.7 Å². The zero-order chi connectivity index (χ0) is 31.5. The van der Waals surface area contributed by atoms with Gasteiger partial charge < -0.3 is 29.8 Å². The number of imidazole rings is 1. The van der Waals surface area contributed by atoms with Crippen LogP contribution in [0.5, 0.6) is 5.75 Å². The van der Waals surface area contributed by atoms with Gasteiger partial charge in [0, 0.05) is 25.1 Å². The van der Waals surface area contributed by atoms with Crippen molar-refractivity contribution in [3.8, 4) is 5.75 Å². The van der Waals surface area contributed by atoms with E-state index in [2.05, 4.69) is 15.3 Å². The number of hydrogen-bond acceptors (Lipinski definition) is 7. The summed E-state index contributed by atoms with van der Waals surface area (Å²) in [4.78, 5) is 47.5. The molecule has 1 fully saturated rings. The molecule has 4 rings (SSSR count). The number of hydrogen-bond donors (Lipinski definition) is 3. The summed E-state index contributed by atoms with van der Waals surface area (Å²) < 4.78 is 65.3. The number of para-hydroxylation sites is 2. The van der Waals surface area contributed by atoms with Crippen LogP contribution in [0.2, 0.25) is 0 Å². The first-order chi connectivity index (χ1) is 20.2. The molecular formula is C29H32F4N4O6. The fourth-order valence-electron chi connectivity index (χ4n) is 4.66. The van der Waals surface area contributed by atoms with Gasteiger partial charge in [0.25, 0.3) is 5.91 Å². The number of amides is 2. The van der Waals surface area contributed by atoms with Crippen molar-refractivity contribution in [3.63, 3.8) is 0 Å². The highest BCUT2D eigenvalue weighted by atomic mass is 19.2. The van der Waals surface area contributed by atoms with E-state index in [1.807, 2.05) is 6.07 Å². The second-order valence-corrected chi connectivity index (χ2v) is 11.3. The van der Waals surface area contributed by atoms with E-state index >= 15 is 0 Å². The van der Waals surface area contributed by atoms with Gasteiger partial charge in [0.15, 0.2) is 23.2 Å². The van der Waals surface area contributed by atoms with Crippen LogP contribution in [0.4, 0.5) is 17.6 Å². The summed E-state index contributed by atoms with van der Waals surface area (Å²) in [5.74, 6) is -10.5. The zero-order valence-corrected chi connectivity index (χ0v) is 23.8. The number of ether oxygens (including phenoxy) is 2. The molecule has 2 amide bonds. The minimum atomic E-state index is -1.80. The molecule has 0 aliphatic carbocycles. The number of carbonyl (C=O) groups is 3. The Morgan fingerprint density at radius 2 is 1.72 bits per heavy atom. The molecule has 1 aliphatic heterocycles. The fourth-order valence-corrected chi connectivity index (χ4v) is 4.66. The van der Waals surface area contributed by atoms with Gasteiger partial charge in [-0.3, -0.25) is 14.4 Å². The molecule has 0 bridgehead atoms. The van der Waals surface area contributed by atoms with E-state index in [1.54, 1.807) is 43.9 Å². The van der Waals surface area contributed by atoms with E-state index in [0.29, 0.717) is 11.0 Å². The van der Waals surface area contributed by atoms with Crippen molar-refractivity contribution in [2.24, 2.45) is 5.92 Å². The molecular weight excluding hydrogens is 576 g/mol. The minimum Gasteiger partial charge on any atom is -0.485 e. The number of nitrogens with one attached hydrogen (secondary N) is 2. The first-order valence-corrected chi connectivity index (χ1v) is 13.6. The monoisotopic (exact) mass is 608 g/mol. The number of esters is 1. The van der Waals surface area contributed by atoms with Gasteiger partial charge in [-0.05, 0) is 45.7 Å². The van der Waals surface area contributed by atoms with Crippen LogP contribution in [0.25, 0.3) is 11.0 Å². The summed E-state index contributed by atoms with van der Waals surface area (Å²) >= 11 is 0. The standard InChI is InChI=1S/C29H32F4N4O6/c1-29(2,3)43-22(39)13-20(21(38)14-42-25-23(32)16(30)12-17(31)24(25)33)36-27(40)15-8-10-37(11-9-15)28(41)26-34-18-6-4-5-7-19(18)35-26/h4-7,12,15,20-21,38H,8-11,13-14H2,1-3H3,(H,34,35)(H,36,40)/t20-,21?/m0/s1. The van der Waals surface area contributed by atoms with Crippen molar-refractivity contribution in [2.45, 2.75) is 57.8 Å². The molecule has 2 atom stereocenters. The third-order valence-corrected chi connectivity index (χ3v) is 6.81. The Labute approximate surface area is 244 Å². The van der Waals surface area contributed by atoms with E-state index in [4.69, 9.17) is 9.47 Å². The quantitative estimate of drug-likeness (QED) is 0.192. The average molecular weight is 609 g/mol. The van der Waals surface area contributed by atoms with E-state index in [0.717, 1.165) is 0 Å². The lowest BCUT2D eigenvalue weighted by Crippen LogP contribution is -2.51. The number of aromatic nitrogens is 2. The molecule has 3 aromatic rings. The van der Waals surface area contributed by atoms with Crippen LogP contribution < -0.4 is 10.1 Å². The average Bonchev–Trinajstić information content (AvgIpc) is 3.39. The summed E-state index contributed by atoms with van der Waals surface area (Å²) in [6, 6.07) is 5.85. The van der Waals surface area contributed by atoms with Gasteiger partial charge in [0.05, 0.1) is 23.5 Å². The van der Waals surface area contributed by atoms with Gasteiger partial charge in [-0.2, -0.15) is 8.78 Å². The molecule has 1 aliphatic rings. The predicted octanol–water partition coefficient (Wildman–Crippen LogP) is 3.63. The molecule has 0 saturated carbocycles. The van der Waals surface area contributed by atoms with Crippen molar-refractivity contribution >= 4 is 28.8 Å². The van der Waals surface area contributed by atoms with Crippen LogP contribution in [0, 0.1) is 29.2 Å². The molecule has 1 aromatic heterocycles. The highest BCUT2D eigenvalue weighted by Crippen LogP contribution is 2.27. The summed E-state index contributed by atoms with van der Waals surface area (Å²) in [5, 5.41) is 13.3. The number of benzene rings is 2. The molecule has 1 unspecified atom stereocenters. The molecule has 2 aromatic carbocycles. The SMILES string of the molecule is CC(C)(C)OC(=O)C[C@H](NC(=O)C1CCN(C(=O)c2nc3ccccc3[nH]2)CC1)C(O)COc1c(F)c(F)cc(F)c1F. The summed E-state index contributed by atoms with van der Waals surface area (Å²) in [6.45, 7) is 4.39. The van der Waals surface area contributed by atoms with Gasteiger partial charge in [-0.25, -0.2) is 13.8 Å². The number of aliphatic hydroxyl groups is 1. The number of aromatic amines is 1. The second-order valence-electron chi connectivity index (χ2n) is 11.3. The normalized spacial score (nSPS) is 15.7. The molecule has 43 heavy (non-hydrogen) atoms. The van der Waals surface area contributed by atoms with Gasteiger partial charge in [-0.15, -0.1) is 0 Å². The van der Waals surface area contributed by atoms with Crippen molar-refractivity contribution in [1.82, 2.24) is 20.2 Å². The first kappa shape index (κ1) is 31.7. The van der Waals surface area contributed by atoms with Gasteiger partial charge in [0.1, 0.15) is 18.3 Å². The Bertz CT molecular complexity index is 1440. The Hall–Kier alpha value is -4.20. The highest BCUT2D eigenvalue weighted by molar-refractivity contribution is 5.94. The number of piperidine rings is 1. The third kappa shape index (κ3) is 7.80. The Morgan fingerprint density at radius 3 is 2.33 bits per heavy atom. The summed E-state index contributed by atoms with van der Waals surface area (Å²) in [7, 11) is 0. The van der Waals surface area contributed by atoms with E-state index in [9.17, 15) is 37.1 Å². The molecule has 3 N–H and O–H groups in total. The number of H-pyrrole nitrogens is 1. The topological polar surface area (TPSA) is 134 Å². The minimum absolute atomic E-state index is 0.00898. The maximum absolute atomic E-state index is 14.0. The number of fused-ring (bicyclic) bond motifs is 1. The third-order valence-electron chi connectivity index (χ3n) is 6.81. The molecule has 0 spiro atoms. The lowest BCUT2D eigenvalue weighted by Gasteiger charge is -2.32. The van der Waals surface area contributed by atoms with Crippen molar-refractivity contribution in [3.05, 3.63) is 59.4 Å². The number of likely N-dealkylation sites (tertiary alicyclic amines) is 1. The number of aliphatic hydroxyl groups excluding tert-OH is 1. The number of rotatable bonds is 9. The van der Waals surface area contributed by atoms with Crippen LogP contribution in [0.3, 0.4) is 0 Å². The van der Waals surface area contributed by atoms with Crippen molar-refractivity contribution < 1.29 is 46.5 Å². The van der Waals surface area contributed by atoms with E-state index in [1.165, 1.54) is 0 Å². The maximum atomic E-state index is 14.0. The second kappa shape index (κ2) is 13.0. The maximum Gasteiger partial charge on any atom is 0.308 e. The molecule has 2 heterocycles. The Balaban J connectivity index is 1.40. The molecule has 1 saturated heterocycles. The van der Waals surface area contributed by atoms with Crippen molar-refractivity contribution in [1.29, 1.82) is 0 Å². The molecule has 0 radical (unpaired) electrons. The smallest absolute Gasteiger partial charge is 0.308 e. The Morgan fingerprint density at radius 1 is 1.09 bits per heavy atom. The molecule has 232 valence electrons. The largest absolute Gasteiger partial charge is 0.485 e. The van der Waals surface area contributed by atoms with Crippen LogP contribution >= 0.6 is 0 Å². The predicted molar refractivity (Wildman–Crippen MR) is 145 cm³/mol. The van der Waals surface area contributed by atoms with Gasteiger partial charge in [0.2, 0.25) is 17.5 Å². The number of carbonyl (C=O) groups excluding carboxylic acids is 3. The van der Waals surface area contributed by atoms with E-state index in [-0.39, 0.29) is 43.7 Å². The van der Waals surface area contributed by atoms with Crippen LogP contribution in [-0.2, 0) is 14.3 Å². The number of halogens is 4. The van der Waals surface area contributed by atoms with Crippen LogP contribution in [-0.4, -0.2) is 75.2 Å². The number of nitrogens with zero attached hydrogens (tertiary/aromatic N) is 2. The lowest BCUT2D eigenvalue weighted by atomic mass is 9.94. The molecule has 14 heteroatoms. The van der Waals surface area contributed by atoms with Crippen LogP contribution in [0.15, 0.2) is 30.3 Å². The highest BCUT2D eigenvalue weighted by Gasteiger charge is 2.34. The lowest BCUT2D eigenvalue weighted by molar-refractivity contribution is -0.156. The first-order valence-electron chi connectivity index (χ1n) is 13.6. The fraction of sp³-hybridized carbons (Fsp3) is 0.448.